The molecule has 10 aromatic rings. The monoisotopic (exact) mass is 688 g/mol. The van der Waals surface area contributed by atoms with Crippen molar-refractivity contribution in [1.82, 2.24) is 19.9 Å². The summed E-state index contributed by atoms with van der Waals surface area (Å²) in [5.74, 6) is 1.94. The Hall–Kier alpha value is -7.30. The second-order valence-corrected chi connectivity index (χ2v) is 13.5. The van der Waals surface area contributed by atoms with E-state index in [1.54, 1.807) is 0 Å². The van der Waals surface area contributed by atoms with Crippen molar-refractivity contribution in [3.63, 3.8) is 0 Å². The van der Waals surface area contributed by atoms with Crippen LogP contribution in [0.15, 0.2) is 194 Å². The van der Waals surface area contributed by atoms with Crippen LogP contribution in [0, 0.1) is 0 Å². The van der Waals surface area contributed by atoms with E-state index in [9.17, 15) is 0 Å². The molecule has 0 fully saturated rings. The molecule has 54 heavy (non-hydrogen) atoms. The molecule has 0 aliphatic rings. The van der Waals surface area contributed by atoms with Crippen LogP contribution in [-0.4, -0.2) is 19.9 Å². The summed E-state index contributed by atoms with van der Waals surface area (Å²) >= 11 is 0. The number of para-hydroxylation sites is 1. The fraction of sp³-hybridized carbons (Fsp3) is 0. The van der Waals surface area contributed by atoms with Gasteiger partial charge in [0.05, 0.1) is 11.2 Å². The van der Waals surface area contributed by atoms with Crippen molar-refractivity contribution < 1.29 is 0 Å². The summed E-state index contributed by atoms with van der Waals surface area (Å²) in [5.41, 5.74) is 10.5. The first-order chi connectivity index (χ1) is 26.7. The Balaban J connectivity index is 1.03. The molecular formula is C50H32N4. The van der Waals surface area contributed by atoms with E-state index in [-0.39, 0.29) is 0 Å². The van der Waals surface area contributed by atoms with Crippen molar-refractivity contribution >= 4 is 32.4 Å². The van der Waals surface area contributed by atoms with Gasteiger partial charge in [0.2, 0.25) is 0 Å². The topological polar surface area (TPSA) is 51.6 Å². The molecule has 0 amide bonds. The Bertz CT molecular complexity index is 2900. The van der Waals surface area contributed by atoms with Gasteiger partial charge in [-0.2, -0.15) is 0 Å². The molecule has 0 N–H and O–H groups in total. The van der Waals surface area contributed by atoms with E-state index in [0.29, 0.717) is 17.5 Å². The maximum absolute atomic E-state index is 5.14. The minimum atomic E-state index is 0.641. The Morgan fingerprint density at radius 1 is 0.259 bits per heavy atom. The van der Waals surface area contributed by atoms with Crippen LogP contribution >= 0.6 is 0 Å². The molecule has 0 unspecified atom stereocenters. The van der Waals surface area contributed by atoms with Gasteiger partial charge in [0.25, 0.3) is 0 Å². The Morgan fingerprint density at radius 2 is 0.722 bits per heavy atom. The first kappa shape index (κ1) is 31.4. The van der Waals surface area contributed by atoms with Crippen LogP contribution in [0.4, 0.5) is 0 Å². The van der Waals surface area contributed by atoms with E-state index in [0.717, 1.165) is 55.5 Å². The van der Waals surface area contributed by atoms with Gasteiger partial charge in [0.1, 0.15) is 0 Å². The number of fused-ring (bicyclic) bond motifs is 4. The van der Waals surface area contributed by atoms with Crippen LogP contribution < -0.4 is 0 Å². The average molecular weight is 689 g/mol. The highest BCUT2D eigenvalue weighted by Gasteiger charge is 2.15. The van der Waals surface area contributed by atoms with Gasteiger partial charge in [-0.3, -0.25) is 0 Å². The molecule has 0 bridgehead atoms. The predicted molar refractivity (Wildman–Crippen MR) is 223 cm³/mol. The van der Waals surface area contributed by atoms with Crippen LogP contribution in [0.25, 0.3) is 100 Å². The highest BCUT2D eigenvalue weighted by molar-refractivity contribution is 6.11. The third-order valence-corrected chi connectivity index (χ3v) is 10.1. The zero-order valence-corrected chi connectivity index (χ0v) is 29.3. The van der Waals surface area contributed by atoms with Gasteiger partial charge >= 0.3 is 0 Å². The molecule has 0 spiro atoms. The molecule has 2 heterocycles. The van der Waals surface area contributed by atoms with E-state index in [2.05, 4.69) is 133 Å². The SMILES string of the molecule is c1ccc(-c2nc(-c3ccccc3)nc(-c3ccc(-c4cc(-c5ccc(-c6nc7ccccc7c7ccccc67)cc5)c5ccccc5c4)cc3)n2)cc1. The number of pyridine rings is 1. The lowest BCUT2D eigenvalue weighted by Gasteiger charge is -2.13. The molecule has 0 aliphatic carbocycles. The number of nitrogens with zero attached hydrogens (tertiary/aromatic N) is 4. The van der Waals surface area contributed by atoms with Gasteiger partial charge in [0.15, 0.2) is 17.5 Å². The second-order valence-electron chi connectivity index (χ2n) is 13.5. The summed E-state index contributed by atoms with van der Waals surface area (Å²) in [6.07, 6.45) is 0. The molecule has 0 saturated carbocycles. The van der Waals surface area contributed by atoms with Crippen LogP contribution in [0.5, 0.6) is 0 Å². The minimum absolute atomic E-state index is 0.641. The van der Waals surface area contributed by atoms with Gasteiger partial charge in [-0.15, -0.1) is 0 Å². The summed E-state index contributed by atoms with van der Waals surface area (Å²) in [6, 6.07) is 67.7. The molecule has 252 valence electrons. The Morgan fingerprint density at radius 3 is 1.37 bits per heavy atom. The van der Waals surface area contributed by atoms with Gasteiger partial charge in [-0.05, 0) is 56.6 Å². The van der Waals surface area contributed by atoms with Gasteiger partial charge in [-0.1, -0.05) is 176 Å². The van der Waals surface area contributed by atoms with Crippen molar-refractivity contribution in [2.24, 2.45) is 0 Å². The first-order valence-corrected chi connectivity index (χ1v) is 18.1. The van der Waals surface area contributed by atoms with Gasteiger partial charge in [0, 0.05) is 33.0 Å². The summed E-state index contributed by atoms with van der Waals surface area (Å²) in [7, 11) is 0. The molecule has 0 aliphatic heterocycles. The molecule has 4 heteroatoms. The number of hydrogen-bond acceptors (Lipinski definition) is 4. The van der Waals surface area contributed by atoms with Crippen molar-refractivity contribution in [3.05, 3.63) is 194 Å². The van der Waals surface area contributed by atoms with Crippen molar-refractivity contribution in [1.29, 1.82) is 0 Å². The quantitative estimate of drug-likeness (QED) is 0.163. The number of benzene rings is 8. The molecule has 8 aromatic carbocycles. The van der Waals surface area contributed by atoms with E-state index in [1.807, 2.05) is 60.7 Å². The lowest BCUT2D eigenvalue weighted by atomic mass is 9.92. The highest BCUT2D eigenvalue weighted by Crippen LogP contribution is 2.37. The zero-order valence-electron chi connectivity index (χ0n) is 29.3. The maximum atomic E-state index is 5.14. The molecule has 10 rings (SSSR count). The van der Waals surface area contributed by atoms with E-state index >= 15 is 0 Å². The lowest BCUT2D eigenvalue weighted by molar-refractivity contribution is 1.07. The van der Waals surface area contributed by atoms with E-state index < -0.39 is 0 Å². The summed E-state index contributed by atoms with van der Waals surface area (Å²) < 4.78 is 0. The fourth-order valence-electron chi connectivity index (χ4n) is 7.40. The summed E-state index contributed by atoms with van der Waals surface area (Å²) in [5, 5.41) is 5.96. The second kappa shape index (κ2) is 13.4. The third-order valence-electron chi connectivity index (χ3n) is 10.1. The van der Waals surface area contributed by atoms with Crippen molar-refractivity contribution in [3.8, 4) is 67.7 Å². The summed E-state index contributed by atoms with van der Waals surface area (Å²) in [6.45, 7) is 0. The molecule has 0 saturated heterocycles. The van der Waals surface area contributed by atoms with Crippen molar-refractivity contribution in [2.75, 3.05) is 0 Å². The number of rotatable bonds is 6. The Kier molecular flexibility index (Phi) is 7.77. The smallest absolute Gasteiger partial charge is 0.164 e. The fourth-order valence-corrected chi connectivity index (χ4v) is 7.40. The lowest BCUT2D eigenvalue weighted by Crippen LogP contribution is -2.00. The number of aromatic nitrogens is 4. The van der Waals surface area contributed by atoms with Crippen LogP contribution in [0.2, 0.25) is 0 Å². The van der Waals surface area contributed by atoms with Crippen molar-refractivity contribution in [2.45, 2.75) is 0 Å². The normalized spacial score (nSPS) is 11.3. The molecule has 2 aromatic heterocycles. The van der Waals surface area contributed by atoms with Gasteiger partial charge in [-0.25, -0.2) is 19.9 Å². The number of hydrogen-bond donors (Lipinski definition) is 0. The standard InChI is InChI=1S/C50H32N4/c1-3-13-36(14-4-1)48-52-49(37-15-5-2-6-16-37)54-50(53-48)38-29-23-33(24-30-38)40-31-39-17-7-8-18-41(39)45(32-40)34-25-27-35(28-26-34)47-44-21-10-9-19-42(44)43-20-11-12-22-46(43)51-47/h1-32H. The average Bonchev–Trinajstić information content (AvgIpc) is 3.26. The highest BCUT2D eigenvalue weighted by atomic mass is 15.0. The first-order valence-electron chi connectivity index (χ1n) is 18.1. The third kappa shape index (κ3) is 5.76. The Labute approximate surface area is 313 Å². The van der Waals surface area contributed by atoms with E-state index in [4.69, 9.17) is 19.9 Å². The molecule has 4 nitrogen and oxygen atoms in total. The van der Waals surface area contributed by atoms with Crippen LogP contribution in [0.3, 0.4) is 0 Å². The molecule has 0 radical (unpaired) electrons. The summed E-state index contributed by atoms with van der Waals surface area (Å²) in [4.78, 5) is 19.9. The van der Waals surface area contributed by atoms with Gasteiger partial charge < -0.3 is 0 Å². The van der Waals surface area contributed by atoms with Crippen LogP contribution in [-0.2, 0) is 0 Å². The maximum Gasteiger partial charge on any atom is 0.164 e. The molecule has 0 atom stereocenters. The zero-order chi connectivity index (χ0) is 35.8. The molecular weight excluding hydrogens is 657 g/mol. The largest absolute Gasteiger partial charge is 0.247 e. The van der Waals surface area contributed by atoms with Crippen LogP contribution in [0.1, 0.15) is 0 Å². The van der Waals surface area contributed by atoms with E-state index in [1.165, 1.54) is 27.1 Å². The minimum Gasteiger partial charge on any atom is -0.247 e. The predicted octanol–water partition coefficient (Wildman–Crippen LogP) is 12.7.